The zero-order valence-corrected chi connectivity index (χ0v) is 11.8. The van der Waals surface area contributed by atoms with Gasteiger partial charge in [-0.1, -0.05) is 29.8 Å². The number of hydrogen-bond acceptors (Lipinski definition) is 2. The fourth-order valence-corrected chi connectivity index (χ4v) is 2.60. The minimum absolute atomic E-state index is 0.344. The summed E-state index contributed by atoms with van der Waals surface area (Å²) in [6, 6.07) is 10.4. The average Bonchev–Trinajstić information content (AvgIpc) is 2.25. The summed E-state index contributed by atoms with van der Waals surface area (Å²) in [5, 5.41) is 12.7. The molecule has 1 aliphatic rings. The van der Waals surface area contributed by atoms with Crippen LogP contribution in [0.3, 0.4) is 0 Å². The van der Waals surface area contributed by atoms with Crippen molar-refractivity contribution in [2.75, 3.05) is 5.32 Å². The molecule has 17 heavy (non-hydrogen) atoms. The fraction of sp³-hybridized carbons (Fsp3) is 0.500. The van der Waals surface area contributed by atoms with Crippen molar-refractivity contribution in [1.82, 2.24) is 0 Å². The lowest BCUT2D eigenvalue weighted by molar-refractivity contribution is 0.165. The molecule has 0 aromatic heterocycles. The highest BCUT2D eigenvalue weighted by molar-refractivity contribution is 9.10. The van der Waals surface area contributed by atoms with Crippen LogP contribution in [0.25, 0.3) is 0 Å². The summed E-state index contributed by atoms with van der Waals surface area (Å²) >= 11 is 3.41. The molecule has 1 fully saturated rings. The van der Waals surface area contributed by atoms with E-state index >= 15 is 0 Å². The van der Waals surface area contributed by atoms with E-state index in [4.69, 9.17) is 0 Å². The summed E-state index contributed by atoms with van der Waals surface area (Å²) in [5.74, 6) is 1.35. The first-order chi connectivity index (χ1) is 8.04. The molecule has 0 aliphatic heterocycles. The Morgan fingerprint density at radius 1 is 1.35 bits per heavy atom. The molecule has 0 atom stereocenters. The van der Waals surface area contributed by atoms with Crippen LogP contribution in [0, 0.1) is 23.2 Å². The Balaban J connectivity index is 2.03. The van der Waals surface area contributed by atoms with Gasteiger partial charge in [-0.05, 0) is 48.9 Å². The van der Waals surface area contributed by atoms with E-state index in [1.54, 1.807) is 0 Å². The highest BCUT2D eigenvalue weighted by Crippen LogP contribution is 2.43. The van der Waals surface area contributed by atoms with Crippen LogP contribution in [0.15, 0.2) is 28.7 Å². The normalized spacial score (nSPS) is 27.4. The third-order valence-corrected chi connectivity index (χ3v) is 4.13. The molecule has 0 bridgehead atoms. The highest BCUT2D eigenvalue weighted by Gasteiger charge is 2.45. The summed E-state index contributed by atoms with van der Waals surface area (Å²) in [6.45, 7) is 4.46. The van der Waals surface area contributed by atoms with Gasteiger partial charge in [-0.3, -0.25) is 0 Å². The third kappa shape index (κ3) is 2.63. The Morgan fingerprint density at radius 3 is 2.41 bits per heavy atom. The van der Waals surface area contributed by atoms with Crippen molar-refractivity contribution in [1.29, 1.82) is 5.26 Å². The van der Waals surface area contributed by atoms with Crippen LogP contribution >= 0.6 is 15.9 Å². The maximum Gasteiger partial charge on any atom is 0.125 e. The van der Waals surface area contributed by atoms with Crippen molar-refractivity contribution in [3.05, 3.63) is 28.7 Å². The predicted octanol–water partition coefficient (Wildman–Crippen LogP) is 4.19. The number of nitrogens with one attached hydrogen (secondary N) is 1. The summed E-state index contributed by atoms with van der Waals surface area (Å²) in [4.78, 5) is 0. The molecule has 0 unspecified atom stereocenters. The Bertz CT molecular complexity index is 425. The zero-order valence-electron chi connectivity index (χ0n) is 10.2. The van der Waals surface area contributed by atoms with Crippen molar-refractivity contribution in [3.63, 3.8) is 0 Å². The van der Waals surface area contributed by atoms with Gasteiger partial charge >= 0.3 is 0 Å². The van der Waals surface area contributed by atoms with E-state index in [-0.39, 0.29) is 5.54 Å². The van der Waals surface area contributed by atoms with Crippen molar-refractivity contribution >= 4 is 21.6 Å². The largest absolute Gasteiger partial charge is 0.367 e. The van der Waals surface area contributed by atoms with Crippen molar-refractivity contribution in [2.24, 2.45) is 11.8 Å². The second-order valence-electron chi connectivity index (χ2n) is 5.24. The Morgan fingerprint density at radius 2 is 1.94 bits per heavy atom. The van der Waals surface area contributed by atoms with E-state index in [9.17, 15) is 5.26 Å². The minimum Gasteiger partial charge on any atom is -0.367 e. The number of benzene rings is 1. The number of nitrogens with zero attached hydrogens (tertiary/aromatic N) is 1. The van der Waals surface area contributed by atoms with Gasteiger partial charge in [0.15, 0.2) is 0 Å². The summed E-state index contributed by atoms with van der Waals surface area (Å²) < 4.78 is 1.06. The lowest BCUT2D eigenvalue weighted by atomic mass is 9.64. The minimum atomic E-state index is -0.344. The predicted molar refractivity (Wildman–Crippen MR) is 73.7 cm³/mol. The highest BCUT2D eigenvalue weighted by atomic mass is 79.9. The Labute approximate surface area is 111 Å². The first kappa shape index (κ1) is 12.4. The fourth-order valence-electron chi connectivity index (χ4n) is 2.34. The van der Waals surface area contributed by atoms with Gasteiger partial charge in [0.05, 0.1) is 6.07 Å². The monoisotopic (exact) mass is 292 g/mol. The number of rotatable bonds is 3. The van der Waals surface area contributed by atoms with E-state index in [0.717, 1.165) is 23.0 Å². The quantitative estimate of drug-likeness (QED) is 0.907. The maximum absolute atomic E-state index is 9.33. The van der Waals surface area contributed by atoms with Gasteiger partial charge in [-0.25, -0.2) is 0 Å². The molecule has 1 aromatic rings. The molecule has 1 saturated carbocycles. The molecule has 1 aliphatic carbocycles. The van der Waals surface area contributed by atoms with Gasteiger partial charge in [-0.15, -0.1) is 0 Å². The van der Waals surface area contributed by atoms with Gasteiger partial charge in [-0.2, -0.15) is 5.26 Å². The molecule has 2 rings (SSSR count). The second-order valence-corrected chi connectivity index (χ2v) is 6.15. The first-order valence-electron chi connectivity index (χ1n) is 6.00. The zero-order chi connectivity index (χ0) is 12.5. The molecule has 0 spiro atoms. The molecule has 0 heterocycles. The lowest BCUT2D eigenvalue weighted by Crippen LogP contribution is -2.50. The van der Waals surface area contributed by atoms with Crippen LogP contribution < -0.4 is 5.32 Å². The molecule has 1 N–H and O–H groups in total. The maximum atomic E-state index is 9.33. The molecule has 0 amide bonds. The van der Waals surface area contributed by atoms with Gasteiger partial charge in [0.2, 0.25) is 0 Å². The van der Waals surface area contributed by atoms with E-state index in [1.165, 1.54) is 0 Å². The molecule has 90 valence electrons. The van der Waals surface area contributed by atoms with Crippen LogP contribution in [0.5, 0.6) is 0 Å². The molecular weight excluding hydrogens is 276 g/mol. The van der Waals surface area contributed by atoms with Gasteiger partial charge in [0, 0.05) is 10.2 Å². The molecule has 0 saturated heterocycles. The van der Waals surface area contributed by atoms with Crippen molar-refractivity contribution in [2.45, 2.75) is 32.2 Å². The smallest absolute Gasteiger partial charge is 0.125 e. The molecule has 3 heteroatoms. The number of hydrogen-bond donors (Lipinski definition) is 1. The SMILES string of the molecule is CC(C)C1CC(C#N)(Nc2ccc(Br)cc2)C1. The molecule has 2 nitrogen and oxygen atoms in total. The van der Waals surface area contributed by atoms with Crippen LogP contribution in [0.1, 0.15) is 26.7 Å². The Hall–Kier alpha value is -1.01. The number of anilines is 1. The standard InChI is InChI=1S/C14H17BrN2/c1-10(2)11-7-14(8-11,9-16)17-13-5-3-12(15)4-6-13/h3-6,10-11,17H,7-8H2,1-2H3. The summed E-state index contributed by atoms with van der Waals surface area (Å²) in [7, 11) is 0. The van der Waals surface area contributed by atoms with Crippen molar-refractivity contribution in [3.8, 4) is 6.07 Å². The second kappa shape index (κ2) is 4.70. The molecule has 1 aromatic carbocycles. The molecular formula is C14H17BrN2. The lowest BCUT2D eigenvalue weighted by Gasteiger charge is -2.45. The number of nitriles is 1. The van der Waals surface area contributed by atoms with Gasteiger partial charge in [0.1, 0.15) is 5.54 Å². The van der Waals surface area contributed by atoms with Gasteiger partial charge < -0.3 is 5.32 Å². The summed E-state index contributed by atoms with van der Waals surface area (Å²) in [5.41, 5.74) is 0.680. The Kier molecular flexibility index (Phi) is 3.44. The van der Waals surface area contributed by atoms with E-state index in [1.807, 2.05) is 24.3 Å². The van der Waals surface area contributed by atoms with Crippen LogP contribution in [-0.2, 0) is 0 Å². The van der Waals surface area contributed by atoms with Crippen LogP contribution in [-0.4, -0.2) is 5.54 Å². The third-order valence-electron chi connectivity index (χ3n) is 3.61. The van der Waals surface area contributed by atoms with Crippen molar-refractivity contribution < 1.29 is 0 Å². The number of halogens is 1. The van der Waals surface area contributed by atoms with E-state index in [0.29, 0.717) is 11.8 Å². The molecule has 0 radical (unpaired) electrons. The van der Waals surface area contributed by atoms with Gasteiger partial charge in [0.25, 0.3) is 0 Å². The van der Waals surface area contributed by atoms with Crippen LogP contribution in [0.2, 0.25) is 0 Å². The van der Waals surface area contributed by atoms with E-state index in [2.05, 4.69) is 41.2 Å². The van der Waals surface area contributed by atoms with Crippen LogP contribution in [0.4, 0.5) is 5.69 Å². The summed E-state index contributed by atoms with van der Waals surface area (Å²) in [6.07, 6.45) is 1.91. The average molecular weight is 293 g/mol. The topological polar surface area (TPSA) is 35.8 Å². The first-order valence-corrected chi connectivity index (χ1v) is 6.79. The van der Waals surface area contributed by atoms with E-state index < -0.39 is 0 Å².